The van der Waals surface area contributed by atoms with E-state index in [2.05, 4.69) is 5.32 Å². The molecule has 14 heavy (non-hydrogen) atoms. The topological polar surface area (TPSA) is 47.6 Å². The van der Waals surface area contributed by atoms with Crippen LogP contribution in [0.15, 0.2) is 18.2 Å². The summed E-state index contributed by atoms with van der Waals surface area (Å²) in [6, 6.07) is 5.31. The number of rotatable bonds is 1. The zero-order valence-corrected chi connectivity index (χ0v) is 8.03. The van der Waals surface area contributed by atoms with E-state index in [9.17, 15) is 4.79 Å². The van der Waals surface area contributed by atoms with Crippen molar-refractivity contribution in [3.63, 3.8) is 0 Å². The van der Waals surface area contributed by atoms with Crippen molar-refractivity contribution in [1.82, 2.24) is 0 Å². The first-order valence-electron chi connectivity index (χ1n) is 4.36. The molecule has 0 saturated heterocycles. The molecule has 0 fully saturated rings. The SMILES string of the molecule is COc1ccc2c(c1)NC(=O)[C@H](C)O2. The van der Waals surface area contributed by atoms with Gasteiger partial charge in [-0.25, -0.2) is 0 Å². The molecule has 2 rings (SSSR count). The summed E-state index contributed by atoms with van der Waals surface area (Å²) in [7, 11) is 1.58. The highest BCUT2D eigenvalue weighted by atomic mass is 16.5. The molecule has 1 aromatic carbocycles. The van der Waals surface area contributed by atoms with E-state index < -0.39 is 6.10 Å². The summed E-state index contributed by atoms with van der Waals surface area (Å²) >= 11 is 0. The lowest BCUT2D eigenvalue weighted by molar-refractivity contribution is -0.122. The molecule has 1 aliphatic rings. The fraction of sp³-hybridized carbons (Fsp3) is 0.300. The quantitative estimate of drug-likeness (QED) is 0.733. The van der Waals surface area contributed by atoms with Crippen molar-refractivity contribution in [2.24, 2.45) is 0 Å². The van der Waals surface area contributed by atoms with Gasteiger partial charge in [0.25, 0.3) is 5.91 Å². The van der Waals surface area contributed by atoms with Gasteiger partial charge in [-0.2, -0.15) is 0 Å². The van der Waals surface area contributed by atoms with Gasteiger partial charge in [-0.05, 0) is 19.1 Å². The molecule has 0 unspecified atom stereocenters. The Morgan fingerprint density at radius 2 is 2.29 bits per heavy atom. The number of fused-ring (bicyclic) bond motifs is 1. The number of anilines is 1. The van der Waals surface area contributed by atoms with Crippen molar-refractivity contribution in [2.75, 3.05) is 12.4 Å². The molecular weight excluding hydrogens is 182 g/mol. The Kier molecular flexibility index (Phi) is 2.04. The second-order valence-electron chi connectivity index (χ2n) is 3.11. The Morgan fingerprint density at radius 3 is 3.00 bits per heavy atom. The van der Waals surface area contributed by atoms with Crippen molar-refractivity contribution in [3.8, 4) is 11.5 Å². The molecule has 1 heterocycles. The molecule has 0 aliphatic carbocycles. The van der Waals surface area contributed by atoms with Crippen LogP contribution in [-0.2, 0) is 4.79 Å². The lowest BCUT2D eigenvalue weighted by atomic mass is 10.2. The van der Waals surface area contributed by atoms with Crippen LogP contribution in [0.2, 0.25) is 0 Å². The van der Waals surface area contributed by atoms with E-state index in [0.717, 1.165) is 0 Å². The number of hydrogen-bond donors (Lipinski definition) is 1. The van der Waals surface area contributed by atoms with Crippen LogP contribution in [-0.4, -0.2) is 19.1 Å². The zero-order valence-electron chi connectivity index (χ0n) is 8.03. The van der Waals surface area contributed by atoms with Gasteiger partial charge in [-0.15, -0.1) is 0 Å². The molecule has 1 amide bonds. The van der Waals surface area contributed by atoms with Crippen LogP contribution < -0.4 is 14.8 Å². The molecule has 1 aromatic rings. The summed E-state index contributed by atoms with van der Waals surface area (Å²) in [6.07, 6.45) is -0.434. The van der Waals surface area contributed by atoms with Gasteiger partial charge in [-0.1, -0.05) is 0 Å². The standard InChI is InChI=1S/C10H11NO3/c1-6-10(12)11-8-5-7(13-2)3-4-9(8)14-6/h3-6H,1-2H3,(H,11,12)/t6-/m0/s1. The highest BCUT2D eigenvalue weighted by molar-refractivity contribution is 5.97. The third-order valence-electron chi connectivity index (χ3n) is 2.12. The van der Waals surface area contributed by atoms with Gasteiger partial charge in [0.05, 0.1) is 12.8 Å². The second-order valence-corrected chi connectivity index (χ2v) is 3.11. The first-order valence-corrected chi connectivity index (χ1v) is 4.36. The number of nitrogens with one attached hydrogen (secondary N) is 1. The molecule has 4 heteroatoms. The average Bonchev–Trinajstić information content (AvgIpc) is 2.19. The van der Waals surface area contributed by atoms with Gasteiger partial charge in [0, 0.05) is 6.07 Å². The number of benzene rings is 1. The number of carbonyl (C=O) groups is 1. The van der Waals surface area contributed by atoms with Gasteiger partial charge in [0.2, 0.25) is 0 Å². The summed E-state index contributed by atoms with van der Waals surface area (Å²) in [5.41, 5.74) is 0.660. The minimum absolute atomic E-state index is 0.134. The summed E-state index contributed by atoms with van der Waals surface area (Å²) in [6.45, 7) is 1.71. The van der Waals surface area contributed by atoms with Crippen LogP contribution in [0.4, 0.5) is 5.69 Å². The predicted molar refractivity (Wildman–Crippen MR) is 51.7 cm³/mol. The number of hydrogen-bond acceptors (Lipinski definition) is 3. The fourth-order valence-corrected chi connectivity index (χ4v) is 1.31. The van der Waals surface area contributed by atoms with Crippen molar-refractivity contribution in [3.05, 3.63) is 18.2 Å². The minimum Gasteiger partial charge on any atom is -0.497 e. The highest BCUT2D eigenvalue weighted by Gasteiger charge is 2.23. The van der Waals surface area contributed by atoms with Gasteiger partial charge >= 0.3 is 0 Å². The van der Waals surface area contributed by atoms with E-state index in [1.807, 2.05) is 0 Å². The lowest BCUT2D eigenvalue weighted by Crippen LogP contribution is -2.34. The number of ether oxygens (including phenoxy) is 2. The summed E-state index contributed by atoms with van der Waals surface area (Å²) in [4.78, 5) is 11.3. The maximum absolute atomic E-state index is 11.3. The third kappa shape index (κ3) is 1.39. The normalized spacial score (nSPS) is 19.3. The molecule has 0 spiro atoms. The summed E-state index contributed by atoms with van der Waals surface area (Å²) in [5.74, 6) is 1.24. The van der Waals surface area contributed by atoms with Gasteiger partial charge in [0.15, 0.2) is 6.10 Å². The molecule has 0 radical (unpaired) electrons. The van der Waals surface area contributed by atoms with Crippen molar-refractivity contribution < 1.29 is 14.3 Å². The van der Waals surface area contributed by atoms with E-state index in [1.54, 1.807) is 32.2 Å². The highest BCUT2D eigenvalue weighted by Crippen LogP contribution is 2.32. The third-order valence-corrected chi connectivity index (χ3v) is 2.12. The second kappa shape index (κ2) is 3.21. The van der Waals surface area contributed by atoms with E-state index >= 15 is 0 Å². The molecule has 0 aromatic heterocycles. The zero-order chi connectivity index (χ0) is 10.1. The minimum atomic E-state index is -0.434. The van der Waals surface area contributed by atoms with E-state index in [4.69, 9.17) is 9.47 Å². The smallest absolute Gasteiger partial charge is 0.265 e. The first kappa shape index (κ1) is 8.87. The molecule has 1 N–H and O–H groups in total. The van der Waals surface area contributed by atoms with Crippen LogP contribution in [0.3, 0.4) is 0 Å². The Bertz CT molecular complexity index is 376. The maximum atomic E-state index is 11.3. The fourth-order valence-electron chi connectivity index (χ4n) is 1.31. The van der Waals surface area contributed by atoms with E-state index in [0.29, 0.717) is 17.2 Å². The van der Waals surface area contributed by atoms with E-state index in [-0.39, 0.29) is 5.91 Å². The molecule has 1 aliphatic heterocycles. The monoisotopic (exact) mass is 193 g/mol. The molecule has 4 nitrogen and oxygen atoms in total. The van der Waals surface area contributed by atoms with Gasteiger partial charge < -0.3 is 14.8 Å². The van der Waals surface area contributed by atoms with Crippen LogP contribution in [0.1, 0.15) is 6.92 Å². The van der Waals surface area contributed by atoms with Crippen molar-refractivity contribution >= 4 is 11.6 Å². The Hall–Kier alpha value is -1.71. The number of amides is 1. The average molecular weight is 193 g/mol. The summed E-state index contributed by atoms with van der Waals surface area (Å²) < 4.78 is 10.4. The summed E-state index contributed by atoms with van der Waals surface area (Å²) in [5, 5.41) is 2.74. The Balaban J connectivity index is 2.37. The Labute approximate surface area is 81.8 Å². The largest absolute Gasteiger partial charge is 0.497 e. The van der Waals surface area contributed by atoms with Crippen molar-refractivity contribution in [2.45, 2.75) is 13.0 Å². The van der Waals surface area contributed by atoms with Crippen LogP contribution in [0, 0.1) is 0 Å². The predicted octanol–water partition coefficient (Wildman–Crippen LogP) is 1.41. The molecule has 0 saturated carbocycles. The maximum Gasteiger partial charge on any atom is 0.265 e. The molecular formula is C10H11NO3. The molecule has 1 atom stereocenters. The molecule has 0 bridgehead atoms. The van der Waals surface area contributed by atoms with Crippen LogP contribution in [0.5, 0.6) is 11.5 Å². The Morgan fingerprint density at radius 1 is 1.50 bits per heavy atom. The van der Waals surface area contributed by atoms with Crippen molar-refractivity contribution in [1.29, 1.82) is 0 Å². The molecule has 74 valence electrons. The number of carbonyl (C=O) groups excluding carboxylic acids is 1. The van der Waals surface area contributed by atoms with Gasteiger partial charge in [-0.3, -0.25) is 4.79 Å². The van der Waals surface area contributed by atoms with Crippen LogP contribution in [0.25, 0.3) is 0 Å². The lowest BCUT2D eigenvalue weighted by Gasteiger charge is -2.23. The van der Waals surface area contributed by atoms with E-state index in [1.165, 1.54) is 0 Å². The first-order chi connectivity index (χ1) is 6.70. The number of methoxy groups -OCH3 is 1. The van der Waals surface area contributed by atoms with Gasteiger partial charge in [0.1, 0.15) is 11.5 Å². The van der Waals surface area contributed by atoms with Crippen LogP contribution >= 0.6 is 0 Å².